The topological polar surface area (TPSA) is 37.6 Å². The summed E-state index contributed by atoms with van der Waals surface area (Å²) in [5.41, 5.74) is 5.54. The summed E-state index contributed by atoms with van der Waals surface area (Å²) in [6, 6.07) is 12.1. The van der Waals surface area contributed by atoms with Crippen molar-refractivity contribution in [2.45, 2.75) is 34.1 Å². The third-order valence-electron chi connectivity index (χ3n) is 4.27. The molecule has 0 radical (unpaired) electrons. The Morgan fingerprint density at radius 2 is 1.88 bits per heavy atom. The number of nitrogens with zero attached hydrogens (tertiary/aromatic N) is 3. The highest BCUT2D eigenvalue weighted by molar-refractivity contribution is 6.06. The van der Waals surface area contributed by atoms with Crippen molar-refractivity contribution in [1.29, 1.82) is 0 Å². The molecule has 0 aliphatic rings. The number of aromatic nitrogens is 2. The second kappa shape index (κ2) is 6.48. The number of rotatable bonds is 4. The molecule has 24 heavy (non-hydrogen) atoms. The van der Waals surface area contributed by atoms with E-state index in [-0.39, 0.29) is 5.91 Å². The normalized spacial score (nSPS) is 11.0. The zero-order valence-corrected chi connectivity index (χ0v) is 14.7. The molecule has 3 rings (SSSR count). The molecule has 2 aromatic heterocycles. The van der Waals surface area contributed by atoms with Gasteiger partial charge < -0.3 is 4.90 Å². The van der Waals surface area contributed by atoms with Crippen molar-refractivity contribution in [3.63, 3.8) is 0 Å². The van der Waals surface area contributed by atoms with Crippen LogP contribution in [0.3, 0.4) is 0 Å². The number of imidazole rings is 1. The molecule has 0 aliphatic heterocycles. The smallest absolute Gasteiger partial charge is 0.277 e. The van der Waals surface area contributed by atoms with Crippen LogP contribution in [0.5, 0.6) is 0 Å². The fourth-order valence-electron chi connectivity index (χ4n) is 3.04. The zero-order valence-electron chi connectivity index (χ0n) is 14.7. The highest BCUT2D eigenvalue weighted by atomic mass is 16.2. The van der Waals surface area contributed by atoms with Gasteiger partial charge in [0.15, 0.2) is 0 Å². The predicted octanol–water partition coefficient (Wildman–Crippen LogP) is 4.18. The summed E-state index contributed by atoms with van der Waals surface area (Å²) in [5.74, 6) is -0.00342. The zero-order chi connectivity index (χ0) is 17.3. The summed E-state index contributed by atoms with van der Waals surface area (Å²) in [6.07, 6.45) is 2.67. The van der Waals surface area contributed by atoms with E-state index in [2.05, 4.69) is 4.98 Å². The fourth-order valence-corrected chi connectivity index (χ4v) is 3.04. The lowest BCUT2D eigenvalue weighted by atomic mass is 10.2. The molecule has 0 atom stereocenters. The van der Waals surface area contributed by atoms with E-state index in [4.69, 9.17) is 0 Å². The lowest BCUT2D eigenvalue weighted by Gasteiger charge is -2.22. The van der Waals surface area contributed by atoms with Gasteiger partial charge in [-0.15, -0.1) is 0 Å². The Labute approximate surface area is 142 Å². The van der Waals surface area contributed by atoms with E-state index >= 15 is 0 Å². The van der Waals surface area contributed by atoms with Crippen molar-refractivity contribution in [3.8, 4) is 0 Å². The standard InChI is InChI=1S/C20H23N3O/c1-5-17-19(23-11-10-15(4)13-18(23)21-17)20(24)22(6-2)16-9-7-8-14(3)12-16/h7-13H,5-6H2,1-4H3. The summed E-state index contributed by atoms with van der Waals surface area (Å²) in [4.78, 5) is 19.8. The van der Waals surface area contributed by atoms with Gasteiger partial charge in [-0.05, 0) is 62.6 Å². The maximum absolute atomic E-state index is 13.3. The van der Waals surface area contributed by atoms with Crippen LogP contribution in [0.25, 0.3) is 5.65 Å². The number of hydrogen-bond acceptors (Lipinski definition) is 2. The van der Waals surface area contributed by atoms with Gasteiger partial charge >= 0.3 is 0 Å². The van der Waals surface area contributed by atoms with E-state index in [0.717, 1.165) is 34.6 Å². The summed E-state index contributed by atoms with van der Waals surface area (Å²) in [5, 5.41) is 0. The largest absolute Gasteiger partial charge is 0.307 e. The van der Waals surface area contributed by atoms with E-state index in [0.29, 0.717) is 12.2 Å². The van der Waals surface area contributed by atoms with Crippen molar-refractivity contribution >= 4 is 17.2 Å². The number of carbonyl (C=O) groups excluding carboxylic acids is 1. The van der Waals surface area contributed by atoms with Crippen molar-refractivity contribution < 1.29 is 4.79 Å². The molecule has 0 fully saturated rings. The average molecular weight is 321 g/mol. The molecular formula is C20H23N3O. The van der Waals surface area contributed by atoms with E-state index in [1.807, 2.05) is 79.6 Å². The van der Waals surface area contributed by atoms with Crippen molar-refractivity contribution in [2.75, 3.05) is 11.4 Å². The molecule has 124 valence electrons. The molecule has 4 heteroatoms. The Kier molecular flexibility index (Phi) is 4.38. The Balaban J connectivity index is 2.13. The quantitative estimate of drug-likeness (QED) is 0.723. The number of hydrogen-bond donors (Lipinski definition) is 0. The van der Waals surface area contributed by atoms with Crippen LogP contribution in [-0.2, 0) is 6.42 Å². The first-order chi connectivity index (χ1) is 11.5. The maximum atomic E-state index is 13.3. The Morgan fingerprint density at radius 1 is 1.12 bits per heavy atom. The minimum atomic E-state index is -0.00342. The van der Waals surface area contributed by atoms with E-state index in [9.17, 15) is 4.79 Å². The number of aryl methyl sites for hydroxylation is 3. The minimum Gasteiger partial charge on any atom is -0.307 e. The second-order valence-electron chi connectivity index (χ2n) is 6.08. The monoisotopic (exact) mass is 321 g/mol. The lowest BCUT2D eigenvalue weighted by molar-refractivity contribution is 0.0981. The van der Waals surface area contributed by atoms with Crippen LogP contribution in [0, 0.1) is 13.8 Å². The maximum Gasteiger partial charge on any atom is 0.277 e. The van der Waals surface area contributed by atoms with Gasteiger partial charge in [-0.3, -0.25) is 9.20 Å². The molecule has 0 spiro atoms. The molecule has 1 amide bonds. The number of fused-ring (bicyclic) bond motifs is 1. The number of amides is 1. The van der Waals surface area contributed by atoms with E-state index in [1.165, 1.54) is 0 Å². The molecule has 3 aromatic rings. The van der Waals surface area contributed by atoms with Crippen LogP contribution in [0.15, 0.2) is 42.6 Å². The van der Waals surface area contributed by atoms with Crippen molar-refractivity contribution in [2.24, 2.45) is 0 Å². The molecule has 4 nitrogen and oxygen atoms in total. The molecule has 2 heterocycles. The van der Waals surface area contributed by atoms with Crippen LogP contribution >= 0.6 is 0 Å². The van der Waals surface area contributed by atoms with Gasteiger partial charge in [0.2, 0.25) is 0 Å². The third kappa shape index (κ3) is 2.80. The molecule has 0 N–H and O–H groups in total. The van der Waals surface area contributed by atoms with Crippen LogP contribution in [0.4, 0.5) is 5.69 Å². The molecule has 0 bridgehead atoms. The lowest BCUT2D eigenvalue weighted by Crippen LogP contribution is -2.32. The third-order valence-corrected chi connectivity index (χ3v) is 4.27. The van der Waals surface area contributed by atoms with Crippen LogP contribution in [0.1, 0.15) is 41.2 Å². The highest BCUT2D eigenvalue weighted by Gasteiger charge is 2.23. The van der Waals surface area contributed by atoms with Crippen molar-refractivity contribution in [1.82, 2.24) is 9.38 Å². The predicted molar refractivity (Wildman–Crippen MR) is 97.8 cm³/mol. The minimum absolute atomic E-state index is 0.00342. The van der Waals surface area contributed by atoms with Crippen LogP contribution < -0.4 is 4.90 Å². The summed E-state index contributed by atoms with van der Waals surface area (Å²) < 4.78 is 1.91. The fraction of sp³-hybridized carbons (Fsp3) is 0.300. The van der Waals surface area contributed by atoms with Gasteiger partial charge in [-0.2, -0.15) is 0 Å². The Hall–Kier alpha value is -2.62. The second-order valence-corrected chi connectivity index (χ2v) is 6.08. The van der Waals surface area contributed by atoms with Gasteiger partial charge in [0, 0.05) is 18.4 Å². The summed E-state index contributed by atoms with van der Waals surface area (Å²) >= 11 is 0. The number of pyridine rings is 1. The van der Waals surface area contributed by atoms with E-state index in [1.54, 1.807) is 0 Å². The number of benzene rings is 1. The van der Waals surface area contributed by atoms with Crippen molar-refractivity contribution in [3.05, 3.63) is 65.1 Å². The molecule has 0 unspecified atom stereocenters. The Morgan fingerprint density at radius 3 is 2.54 bits per heavy atom. The molecule has 1 aromatic carbocycles. The number of anilines is 1. The van der Waals surface area contributed by atoms with Gasteiger partial charge in [0.25, 0.3) is 5.91 Å². The van der Waals surface area contributed by atoms with E-state index < -0.39 is 0 Å². The Bertz CT molecular complexity index is 895. The molecule has 0 saturated carbocycles. The molecule has 0 aliphatic carbocycles. The van der Waals surface area contributed by atoms with Gasteiger partial charge in [0.1, 0.15) is 11.3 Å². The summed E-state index contributed by atoms with van der Waals surface area (Å²) in [6.45, 7) is 8.72. The first-order valence-electron chi connectivity index (χ1n) is 8.41. The van der Waals surface area contributed by atoms with Gasteiger partial charge in [0.05, 0.1) is 5.69 Å². The van der Waals surface area contributed by atoms with Gasteiger partial charge in [-0.1, -0.05) is 19.1 Å². The molecular weight excluding hydrogens is 298 g/mol. The van der Waals surface area contributed by atoms with Crippen LogP contribution in [0.2, 0.25) is 0 Å². The SMILES string of the molecule is CCc1nc2cc(C)ccn2c1C(=O)N(CC)c1cccc(C)c1. The van der Waals surface area contributed by atoms with Crippen LogP contribution in [-0.4, -0.2) is 21.8 Å². The average Bonchev–Trinajstić information content (AvgIpc) is 2.93. The summed E-state index contributed by atoms with van der Waals surface area (Å²) in [7, 11) is 0. The molecule has 0 saturated heterocycles. The number of carbonyl (C=O) groups is 1. The first-order valence-corrected chi connectivity index (χ1v) is 8.41. The first kappa shape index (κ1) is 16.2. The van der Waals surface area contributed by atoms with Gasteiger partial charge in [-0.25, -0.2) is 4.98 Å². The highest BCUT2D eigenvalue weighted by Crippen LogP contribution is 2.22.